The maximum absolute atomic E-state index is 6.51. The summed E-state index contributed by atoms with van der Waals surface area (Å²) in [6.07, 6.45) is 0. The monoisotopic (exact) mass is 443 g/mol. The van der Waals surface area contributed by atoms with Crippen LogP contribution >= 0.6 is 20.2 Å². The average molecular weight is 445 g/mol. The molecule has 0 aliphatic heterocycles. The molecule has 0 spiro atoms. The van der Waals surface area contributed by atoms with E-state index in [1.807, 2.05) is 16.0 Å². The quantitative estimate of drug-likeness (QED) is 0.605. The fourth-order valence-corrected chi connectivity index (χ4v) is 4.88. The van der Waals surface area contributed by atoms with E-state index in [1.165, 1.54) is 22.3 Å². The van der Waals surface area contributed by atoms with Crippen LogP contribution in [0.3, 0.4) is 0 Å². The van der Waals surface area contributed by atoms with E-state index < -0.39 is 12.3 Å². The van der Waals surface area contributed by atoms with Crippen LogP contribution in [-0.2, 0) is 12.3 Å². The van der Waals surface area contributed by atoms with E-state index in [0.29, 0.717) is 13.1 Å². The first-order valence-corrected chi connectivity index (χ1v) is 11.6. The van der Waals surface area contributed by atoms with Gasteiger partial charge in [0.1, 0.15) is 0 Å². The van der Waals surface area contributed by atoms with Gasteiger partial charge in [-0.2, -0.15) is 0 Å². The predicted molar refractivity (Wildman–Crippen MR) is 109 cm³/mol. The molecule has 0 fully saturated rings. The first-order valence-electron chi connectivity index (χ1n) is 8.54. The second-order valence-corrected chi connectivity index (χ2v) is 10.1. The van der Waals surface area contributed by atoms with Gasteiger partial charge >= 0.3 is 171 Å². The third-order valence-electron chi connectivity index (χ3n) is 4.73. The number of halogens is 2. The fourth-order valence-electron chi connectivity index (χ4n) is 3.56. The van der Waals surface area contributed by atoms with Crippen LogP contribution in [0, 0.1) is 27.7 Å². The van der Waals surface area contributed by atoms with Gasteiger partial charge in [0.05, 0.1) is 0 Å². The summed E-state index contributed by atoms with van der Waals surface area (Å²) in [6, 6.07) is 12.1. The van der Waals surface area contributed by atoms with Crippen molar-refractivity contribution in [1.82, 2.24) is 3.92 Å². The van der Waals surface area contributed by atoms with Crippen LogP contribution in [0.5, 0.6) is 0 Å². The Morgan fingerprint density at radius 1 is 0.769 bits per heavy atom. The summed E-state index contributed by atoms with van der Waals surface area (Å²) in [7, 11) is 12.5. The third-order valence-corrected chi connectivity index (χ3v) is 6.71. The van der Waals surface area contributed by atoms with Crippen molar-refractivity contribution >= 4 is 20.2 Å². The van der Waals surface area contributed by atoms with Gasteiger partial charge in [-0.1, -0.05) is 0 Å². The summed E-state index contributed by atoms with van der Waals surface area (Å²) >= 11 is -0.880. The van der Waals surface area contributed by atoms with Gasteiger partial charge in [0, 0.05) is 0 Å². The standard InChI is InChI=1S/C20H28N3.2ClH.Cu/c1-13-7-5-8-14(2)19(13)17(21)11-23-12-18(22)20-15(3)9-6-10-16(20)4;;;/h5-10,17-18H,11-12,21-22H2,1-4H3;2*1H;/q-1;;;+3/p-2. The predicted octanol–water partition coefficient (Wildman–Crippen LogP) is 4.76. The summed E-state index contributed by atoms with van der Waals surface area (Å²) in [4.78, 5) is 0. The number of aryl methyl sites for hydroxylation is 4. The topological polar surface area (TPSA) is 55.3 Å². The van der Waals surface area contributed by atoms with E-state index in [-0.39, 0.29) is 12.1 Å². The number of rotatable bonds is 7. The van der Waals surface area contributed by atoms with Gasteiger partial charge in [-0.05, 0) is 0 Å². The normalized spacial score (nSPS) is 14.4. The van der Waals surface area contributed by atoms with E-state index in [0.717, 1.165) is 11.1 Å². The third kappa shape index (κ3) is 5.23. The van der Waals surface area contributed by atoms with Gasteiger partial charge in [-0.15, -0.1) is 0 Å². The molecule has 2 rings (SSSR count). The molecule has 26 heavy (non-hydrogen) atoms. The summed E-state index contributed by atoms with van der Waals surface area (Å²) in [5.74, 6) is 0. The number of hydrogen-bond donors (Lipinski definition) is 2. The molecular formula is C20H28Cl2CuN3. The van der Waals surface area contributed by atoms with Crippen molar-refractivity contribution in [3.63, 3.8) is 0 Å². The zero-order valence-electron chi connectivity index (χ0n) is 15.7. The van der Waals surface area contributed by atoms with Crippen molar-refractivity contribution in [3.8, 4) is 0 Å². The minimum absolute atomic E-state index is 0.174. The molecule has 3 nitrogen and oxygen atoms in total. The van der Waals surface area contributed by atoms with Crippen LogP contribution in [0.15, 0.2) is 36.4 Å². The molecule has 2 aromatic carbocycles. The fraction of sp³-hybridized carbons (Fsp3) is 0.400. The molecule has 2 atom stereocenters. The number of nitrogens with zero attached hydrogens (tertiary/aromatic N) is 1. The molecule has 6 heteroatoms. The summed E-state index contributed by atoms with van der Waals surface area (Å²) in [5.41, 5.74) is 20.0. The van der Waals surface area contributed by atoms with E-state index >= 15 is 0 Å². The SMILES string of the molecule is Cc1cccc(C)c1C(N)C[N](CC(N)c1c(C)cccc1C)[Cu]([Cl])[Cl]. The Morgan fingerprint density at radius 3 is 1.35 bits per heavy atom. The van der Waals surface area contributed by atoms with Crippen LogP contribution in [0.25, 0.3) is 0 Å². The van der Waals surface area contributed by atoms with E-state index in [9.17, 15) is 0 Å². The molecule has 0 aromatic heterocycles. The van der Waals surface area contributed by atoms with Gasteiger partial charge in [-0.3, -0.25) is 0 Å². The molecule has 0 saturated heterocycles. The molecular weight excluding hydrogens is 417 g/mol. The number of hydrogen-bond acceptors (Lipinski definition) is 3. The average Bonchev–Trinajstić information content (AvgIpc) is 2.53. The minimum atomic E-state index is -0.880. The Bertz CT molecular complexity index is 652. The van der Waals surface area contributed by atoms with E-state index in [2.05, 4.69) is 52.0 Å². The van der Waals surface area contributed by atoms with Crippen LogP contribution in [0.4, 0.5) is 0 Å². The Labute approximate surface area is 170 Å². The van der Waals surface area contributed by atoms with Crippen LogP contribution in [0.1, 0.15) is 45.5 Å². The van der Waals surface area contributed by atoms with Crippen molar-refractivity contribution in [2.45, 2.75) is 39.8 Å². The van der Waals surface area contributed by atoms with Crippen LogP contribution in [-0.4, -0.2) is 17.0 Å². The Kier molecular flexibility index (Phi) is 7.99. The summed E-state index contributed by atoms with van der Waals surface area (Å²) in [5, 5.41) is 0. The van der Waals surface area contributed by atoms with E-state index in [4.69, 9.17) is 31.7 Å². The first-order chi connectivity index (χ1) is 12.2. The molecule has 0 heterocycles. The van der Waals surface area contributed by atoms with Crippen molar-refractivity contribution in [2.75, 3.05) is 13.1 Å². The molecule has 2 unspecified atom stereocenters. The van der Waals surface area contributed by atoms with Gasteiger partial charge < -0.3 is 0 Å². The summed E-state index contributed by atoms with van der Waals surface area (Å²) in [6.45, 7) is 9.42. The van der Waals surface area contributed by atoms with Gasteiger partial charge in [0.15, 0.2) is 0 Å². The first kappa shape index (κ1) is 21.7. The number of nitrogens with two attached hydrogens (primary N) is 2. The Morgan fingerprint density at radius 2 is 1.08 bits per heavy atom. The van der Waals surface area contributed by atoms with Crippen molar-refractivity contribution in [1.29, 1.82) is 0 Å². The van der Waals surface area contributed by atoms with Gasteiger partial charge in [0.2, 0.25) is 0 Å². The number of benzene rings is 2. The molecule has 0 radical (unpaired) electrons. The molecule has 0 amide bonds. The molecule has 148 valence electrons. The van der Waals surface area contributed by atoms with Gasteiger partial charge in [-0.25, -0.2) is 0 Å². The molecule has 2 aromatic rings. The molecule has 4 N–H and O–H groups in total. The van der Waals surface area contributed by atoms with E-state index in [1.54, 1.807) is 0 Å². The Hall–Kier alpha value is -0.581. The van der Waals surface area contributed by atoms with Crippen molar-refractivity contribution in [3.05, 3.63) is 69.8 Å². The van der Waals surface area contributed by atoms with Crippen molar-refractivity contribution in [2.24, 2.45) is 11.5 Å². The molecule has 0 aliphatic rings. The Balaban J connectivity index is 2.19. The molecule has 0 saturated carbocycles. The van der Waals surface area contributed by atoms with Crippen LogP contribution < -0.4 is 11.5 Å². The molecule has 0 aliphatic carbocycles. The second kappa shape index (κ2) is 9.57. The zero-order chi connectivity index (χ0) is 19.4. The van der Waals surface area contributed by atoms with Crippen LogP contribution in [0.2, 0.25) is 0 Å². The summed E-state index contributed by atoms with van der Waals surface area (Å²) < 4.78 is 1.96. The van der Waals surface area contributed by atoms with Crippen molar-refractivity contribution < 1.29 is 12.3 Å². The molecule has 0 bridgehead atoms. The second-order valence-electron chi connectivity index (χ2n) is 6.75. The van der Waals surface area contributed by atoms with Gasteiger partial charge in [0.25, 0.3) is 0 Å². The zero-order valence-corrected chi connectivity index (χ0v) is 18.1. The maximum atomic E-state index is 6.51.